The first kappa shape index (κ1) is 23.2. The Morgan fingerprint density at radius 3 is 2.39 bits per heavy atom. The summed E-state index contributed by atoms with van der Waals surface area (Å²) in [5, 5.41) is 22.6. The minimum absolute atomic E-state index is 0.00273. The van der Waals surface area contributed by atoms with Crippen LogP contribution in [0.15, 0.2) is 66.7 Å². The second-order valence-electron chi connectivity index (χ2n) is 6.65. The second kappa shape index (κ2) is 10.7. The molecule has 0 spiro atoms. The zero-order valence-electron chi connectivity index (χ0n) is 17.0. The molecule has 166 valence electrons. The van der Waals surface area contributed by atoms with Crippen LogP contribution in [0.4, 0.5) is 11.4 Å². The molecule has 0 aliphatic heterocycles. The van der Waals surface area contributed by atoms with E-state index in [0.29, 0.717) is 5.69 Å². The number of rotatable bonds is 8. The van der Waals surface area contributed by atoms with Gasteiger partial charge in [0, 0.05) is 16.8 Å². The zero-order valence-corrected chi connectivity index (χ0v) is 17.7. The molecule has 0 fully saturated rings. The Morgan fingerprint density at radius 1 is 1.06 bits per heavy atom. The van der Waals surface area contributed by atoms with E-state index in [9.17, 15) is 19.7 Å². The number of nitro benzene ring substituents is 1. The second-order valence-corrected chi connectivity index (χ2v) is 7.09. The van der Waals surface area contributed by atoms with E-state index in [2.05, 4.69) is 5.32 Å². The Morgan fingerprint density at radius 2 is 1.76 bits per heavy atom. The highest BCUT2D eigenvalue weighted by molar-refractivity contribution is 6.30. The molecule has 0 saturated carbocycles. The molecule has 1 amide bonds. The predicted octanol–water partition coefficient (Wildman–Crippen LogP) is 4.90. The van der Waals surface area contributed by atoms with Crippen LogP contribution in [0.25, 0.3) is 0 Å². The van der Waals surface area contributed by atoms with Crippen LogP contribution in [0, 0.1) is 21.4 Å². The van der Waals surface area contributed by atoms with E-state index in [1.165, 1.54) is 42.5 Å². The van der Waals surface area contributed by atoms with Crippen molar-refractivity contribution in [1.29, 1.82) is 5.26 Å². The summed E-state index contributed by atoms with van der Waals surface area (Å²) in [5.74, 6) is -0.989. The molecule has 33 heavy (non-hydrogen) atoms. The number of halogens is 1. The van der Waals surface area contributed by atoms with Crippen molar-refractivity contribution in [3.8, 4) is 17.6 Å². The van der Waals surface area contributed by atoms with Crippen molar-refractivity contribution in [1.82, 2.24) is 0 Å². The number of anilines is 1. The number of benzene rings is 3. The van der Waals surface area contributed by atoms with Gasteiger partial charge >= 0.3 is 11.7 Å². The lowest BCUT2D eigenvalue weighted by molar-refractivity contribution is -0.385. The van der Waals surface area contributed by atoms with Crippen molar-refractivity contribution < 1.29 is 24.0 Å². The molecule has 1 N–H and O–H groups in total. The number of carbonyl (C=O) groups is 2. The maximum Gasteiger partial charge on any atom is 0.338 e. The van der Waals surface area contributed by atoms with E-state index in [1.807, 2.05) is 6.07 Å². The van der Waals surface area contributed by atoms with Crippen LogP contribution in [0.2, 0.25) is 5.02 Å². The van der Waals surface area contributed by atoms with Crippen LogP contribution in [0.3, 0.4) is 0 Å². The fourth-order valence-electron chi connectivity index (χ4n) is 2.71. The molecule has 3 aromatic rings. The van der Waals surface area contributed by atoms with Crippen LogP contribution in [-0.4, -0.2) is 23.4 Å². The summed E-state index contributed by atoms with van der Waals surface area (Å²) in [7, 11) is 0. The van der Waals surface area contributed by atoms with E-state index >= 15 is 0 Å². The molecule has 0 radical (unpaired) electrons. The molecule has 0 aromatic heterocycles. The molecule has 0 aliphatic carbocycles. The first-order valence-electron chi connectivity index (χ1n) is 9.50. The molecule has 0 saturated heterocycles. The Hall–Kier alpha value is -4.42. The van der Waals surface area contributed by atoms with Crippen LogP contribution < -0.4 is 10.1 Å². The van der Waals surface area contributed by atoms with E-state index < -0.39 is 23.4 Å². The first-order valence-corrected chi connectivity index (χ1v) is 9.88. The maximum absolute atomic E-state index is 12.2. The van der Waals surface area contributed by atoms with Crippen molar-refractivity contribution >= 4 is 34.9 Å². The van der Waals surface area contributed by atoms with Crippen molar-refractivity contribution in [3.63, 3.8) is 0 Å². The van der Waals surface area contributed by atoms with Gasteiger partial charge in [-0.25, -0.2) is 4.79 Å². The summed E-state index contributed by atoms with van der Waals surface area (Å²) in [6.07, 6.45) is 0.270. The fourth-order valence-corrected chi connectivity index (χ4v) is 2.88. The van der Waals surface area contributed by atoms with Gasteiger partial charge < -0.3 is 14.8 Å². The molecule has 10 heteroatoms. The predicted molar refractivity (Wildman–Crippen MR) is 119 cm³/mol. The molecular formula is C23H16ClN3O6. The van der Waals surface area contributed by atoms with Crippen molar-refractivity contribution in [3.05, 3.63) is 93.0 Å². The maximum atomic E-state index is 12.2. The van der Waals surface area contributed by atoms with Gasteiger partial charge in [0.2, 0.25) is 5.75 Å². The van der Waals surface area contributed by atoms with Gasteiger partial charge in [-0.3, -0.25) is 14.9 Å². The molecular weight excluding hydrogens is 450 g/mol. The third-order valence-corrected chi connectivity index (χ3v) is 4.53. The van der Waals surface area contributed by atoms with Gasteiger partial charge in [0.25, 0.3) is 5.91 Å². The van der Waals surface area contributed by atoms with Gasteiger partial charge in [0.05, 0.1) is 23.0 Å². The zero-order chi connectivity index (χ0) is 23.8. The van der Waals surface area contributed by atoms with Crippen molar-refractivity contribution in [2.24, 2.45) is 0 Å². The van der Waals surface area contributed by atoms with Gasteiger partial charge in [-0.05, 0) is 54.1 Å². The number of hydrogen-bond acceptors (Lipinski definition) is 7. The number of nitrogens with zero attached hydrogens (tertiary/aromatic N) is 2. The van der Waals surface area contributed by atoms with Crippen LogP contribution in [0.5, 0.6) is 11.5 Å². The highest BCUT2D eigenvalue weighted by Crippen LogP contribution is 2.33. The molecule has 3 aromatic carbocycles. The minimum atomic E-state index is -0.724. The summed E-state index contributed by atoms with van der Waals surface area (Å²) < 4.78 is 10.5. The highest BCUT2D eigenvalue weighted by Gasteiger charge is 2.17. The highest BCUT2D eigenvalue weighted by atomic mass is 35.5. The van der Waals surface area contributed by atoms with E-state index in [1.54, 1.807) is 24.3 Å². The molecule has 0 heterocycles. The number of amides is 1. The lowest BCUT2D eigenvalue weighted by atomic mass is 10.1. The number of ether oxygens (including phenoxy) is 2. The molecule has 0 atom stereocenters. The molecule has 0 bridgehead atoms. The third kappa shape index (κ3) is 6.53. The molecule has 0 unspecified atom stereocenters. The molecule has 3 rings (SSSR count). The minimum Gasteiger partial charge on any atom is -0.452 e. The first-order chi connectivity index (χ1) is 15.9. The fraction of sp³-hybridized carbons (Fsp3) is 0.0870. The Kier molecular flexibility index (Phi) is 7.57. The number of esters is 1. The lowest BCUT2D eigenvalue weighted by Gasteiger charge is -2.09. The number of nitrogens with one attached hydrogen (secondary N) is 1. The summed E-state index contributed by atoms with van der Waals surface area (Å²) in [6, 6.07) is 18.5. The number of hydrogen-bond donors (Lipinski definition) is 1. The summed E-state index contributed by atoms with van der Waals surface area (Å²) in [5.41, 5.74) is 1.20. The Balaban J connectivity index is 1.54. The SMILES string of the molecule is N#CCc1ccc(NC(=O)COC(=O)c2ccc(Oc3ccc(Cl)cc3[N+](=O)[O-])cc2)cc1. The normalized spacial score (nSPS) is 10.1. The monoisotopic (exact) mass is 465 g/mol. The number of nitro groups is 1. The van der Waals surface area contributed by atoms with Gasteiger partial charge in [-0.2, -0.15) is 5.26 Å². The third-order valence-electron chi connectivity index (χ3n) is 4.29. The smallest absolute Gasteiger partial charge is 0.338 e. The van der Waals surface area contributed by atoms with Crippen LogP contribution in [-0.2, 0) is 16.0 Å². The summed E-state index contributed by atoms with van der Waals surface area (Å²) in [4.78, 5) is 34.7. The van der Waals surface area contributed by atoms with Gasteiger partial charge in [-0.15, -0.1) is 0 Å². The average molecular weight is 466 g/mol. The molecule has 9 nitrogen and oxygen atoms in total. The largest absolute Gasteiger partial charge is 0.452 e. The van der Waals surface area contributed by atoms with Gasteiger partial charge in [0.1, 0.15) is 5.75 Å². The summed E-state index contributed by atoms with van der Waals surface area (Å²) in [6.45, 7) is -0.492. The summed E-state index contributed by atoms with van der Waals surface area (Å²) >= 11 is 5.78. The van der Waals surface area contributed by atoms with E-state index in [-0.39, 0.29) is 34.2 Å². The number of carbonyl (C=O) groups excluding carboxylic acids is 2. The topological polar surface area (TPSA) is 132 Å². The van der Waals surface area contributed by atoms with Gasteiger partial charge in [-0.1, -0.05) is 23.7 Å². The van der Waals surface area contributed by atoms with Crippen molar-refractivity contribution in [2.75, 3.05) is 11.9 Å². The average Bonchev–Trinajstić information content (AvgIpc) is 2.80. The number of nitriles is 1. The molecule has 0 aliphatic rings. The Labute approximate surface area is 193 Å². The van der Waals surface area contributed by atoms with E-state index in [0.717, 1.165) is 5.56 Å². The van der Waals surface area contributed by atoms with Crippen LogP contribution >= 0.6 is 11.6 Å². The van der Waals surface area contributed by atoms with Crippen LogP contribution in [0.1, 0.15) is 15.9 Å². The standard InChI is InChI=1S/C23H16ClN3O6/c24-17-5-10-21(20(13-17)27(30)31)33-19-8-3-16(4-9-19)23(29)32-14-22(28)26-18-6-1-15(2-7-18)11-12-25/h1-10,13H,11,14H2,(H,26,28). The van der Waals surface area contributed by atoms with Gasteiger partial charge in [0.15, 0.2) is 6.61 Å². The quantitative estimate of drug-likeness (QED) is 0.284. The lowest BCUT2D eigenvalue weighted by Crippen LogP contribution is -2.20. The van der Waals surface area contributed by atoms with Crippen molar-refractivity contribution in [2.45, 2.75) is 6.42 Å². The Bertz CT molecular complexity index is 1220. The van der Waals surface area contributed by atoms with E-state index in [4.69, 9.17) is 26.3 Å².